The van der Waals surface area contributed by atoms with Crippen LogP contribution in [0.1, 0.15) is 41.3 Å². The standard InChI is InChI=1S/C27H32N4O8/c1-2-38-27(37)24(30-28)18-5-7-19(8-6-18)25(35)29-22(15-17-3-9-20(32)10-4-17)26(36)31-13-11-21(12-14-31)39-16-23(33)34/h3-10,21-22,32H,2,11-16,28H2,1H3,(H,29,35)(H,33,34)/b30-24-/t22-/m0/s1. The predicted molar refractivity (Wildman–Crippen MR) is 140 cm³/mol. The lowest BCUT2D eigenvalue weighted by Gasteiger charge is -2.34. The van der Waals surface area contributed by atoms with E-state index < -0.39 is 30.5 Å². The number of carbonyl (C=O) groups is 4. The van der Waals surface area contributed by atoms with Crippen molar-refractivity contribution >= 4 is 29.5 Å². The monoisotopic (exact) mass is 540 g/mol. The Labute approximate surface area is 225 Å². The largest absolute Gasteiger partial charge is 0.508 e. The molecule has 3 rings (SSSR count). The topological polar surface area (TPSA) is 181 Å². The molecule has 2 amide bonds. The predicted octanol–water partition coefficient (Wildman–Crippen LogP) is 1.05. The van der Waals surface area contributed by atoms with Crippen molar-refractivity contribution in [1.82, 2.24) is 10.2 Å². The molecule has 0 bridgehead atoms. The Morgan fingerprint density at radius 1 is 1.05 bits per heavy atom. The van der Waals surface area contributed by atoms with Crippen LogP contribution in [0, 0.1) is 0 Å². The van der Waals surface area contributed by atoms with Gasteiger partial charge in [0, 0.05) is 30.6 Å². The van der Waals surface area contributed by atoms with Crippen molar-refractivity contribution in [3.63, 3.8) is 0 Å². The summed E-state index contributed by atoms with van der Waals surface area (Å²) >= 11 is 0. The third-order valence-corrected chi connectivity index (χ3v) is 6.19. The van der Waals surface area contributed by atoms with Crippen LogP contribution < -0.4 is 11.2 Å². The Hall–Kier alpha value is -4.45. The lowest BCUT2D eigenvalue weighted by molar-refractivity contribution is -0.147. The number of esters is 1. The Balaban J connectivity index is 1.72. The number of phenolic OH excluding ortho intramolecular Hbond substituents is 1. The SMILES string of the molecule is CCOC(=O)/C(=N\N)c1ccc(C(=O)N[C@@H](Cc2ccc(O)cc2)C(=O)N2CCC(OCC(=O)O)CC2)cc1. The van der Waals surface area contributed by atoms with Crippen LogP contribution >= 0.6 is 0 Å². The fourth-order valence-electron chi connectivity index (χ4n) is 4.19. The molecule has 1 aliphatic heterocycles. The molecule has 0 radical (unpaired) electrons. The number of hydrogen-bond acceptors (Lipinski definition) is 9. The summed E-state index contributed by atoms with van der Waals surface area (Å²) in [5.41, 5.74) is 1.28. The maximum Gasteiger partial charge on any atom is 0.359 e. The molecule has 39 heavy (non-hydrogen) atoms. The van der Waals surface area contributed by atoms with Crippen LogP contribution in [0.25, 0.3) is 0 Å². The van der Waals surface area contributed by atoms with E-state index in [1.165, 1.54) is 36.4 Å². The molecule has 0 aliphatic carbocycles. The van der Waals surface area contributed by atoms with Gasteiger partial charge in [-0.2, -0.15) is 5.10 Å². The minimum atomic E-state index is -1.05. The number of benzene rings is 2. The van der Waals surface area contributed by atoms with E-state index in [2.05, 4.69) is 10.4 Å². The number of carboxylic acids is 1. The molecule has 1 atom stereocenters. The van der Waals surface area contributed by atoms with E-state index in [0.29, 0.717) is 31.5 Å². The number of piperidine rings is 1. The Kier molecular flexibility index (Phi) is 10.4. The lowest BCUT2D eigenvalue weighted by atomic mass is 10.0. The van der Waals surface area contributed by atoms with Crippen molar-refractivity contribution in [3.05, 3.63) is 65.2 Å². The minimum Gasteiger partial charge on any atom is -0.508 e. The summed E-state index contributed by atoms with van der Waals surface area (Å²) in [6.07, 6.45) is 0.883. The first-order valence-electron chi connectivity index (χ1n) is 12.5. The zero-order chi connectivity index (χ0) is 28.4. The number of hydrazone groups is 1. The van der Waals surface area contributed by atoms with Gasteiger partial charge in [-0.25, -0.2) is 9.59 Å². The molecule has 1 heterocycles. The number of aromatic hydroxyl groups is 1. The van der Waals surface area contributed by atoms with Crippen LogP contribution in [0.3, 0.4) is 0 Å². The maximum absolute atomic E-state index is 13.5. The second-order valence-electron chi connectivity index (χ2n) is 8.90. The number of carbonyl (C=O) groups excluding carboxylic acids is 3. The van der Waals surface area contributed by atoms with Gasteiger partial charge in [-0.05, 0) is 49.6 Å². The minimum absolute atomic E-state index is 0.0809. The highest BCUT2D eigenvalue weighted by Gasteiger charge is 2.30. The number of likely N-dealkylation sites (tertiary alicyclic amines) is 1. The average molecular weight is 541 g/mol. The van der Waals surface area contributed by atoms with Crippen molar-refractivity contribution in [2.75, 3.05) is 26.3 Å². The van der Waals surface area contributed by atoms with E-state index in [1.54, 1.807) is 24.0 Å². The van der Waals surface area contributed by atoms with Gasteiger partial charge in [0.25, 0.3) is 5.91 Å². The van der Waals surface area contributed by atoms with Gasteiger partial charge >= 0.3 is 11.9 Å². The molecule has 1 aliphatic rings. The van der Waals surface area contributed by atoms with Gasteiger partial charge in [-0.15, -0.1) is 0 Å². The second-order valence-corrected chi connectivity index (χ2v) is 8.90. The lowest BCUT2D eigenvalue weighted by Crippen LogP contribution is -2.52. The molecule has 0 saturated carbocycles. The number of rotatable bonds is 11. The first-order valence-corrected chi connectivity index (χ1v) is 12.5. The van der Waals surface area contributed by atoms with Gasteiger partial charge in [0.05, 0.1) is 12.7 Å². The zero-order valence-electron chi connectivity index (χ0n) is 21.5. The molecular weight excluding hydrogens is 508 g/mol. The summed E-state index contributed by atoms with van der Waals surface area (Å²) in [6.45, 7) is 2.13. The van der Waals surface area contributed by atoms with Crippen molar-refractivity contribution in [2.45, 2.75) is 38.3 Å². The van der Waals surface area contributed by atoms with Gasteiger partial charge in [-0.1, -0.05) is 24.3 Å². The van der Waals surface area contributed by atoms with Gasteiger partial charge < -0.3 is 35.7 Å². The highest BCUT2D eigenvalue weighted by Crippen LogP contribution is 2.18. The summed E-state index contributed by atoms with van der Waals surface area (Å²) < 4.78 is 10.3. The van der Waals surface area contributed by atoms with Crippen LogP contribution in [0.5, 0.6) is 5.75 Å². The van der Waals surface area contributed by atoms with E-state index in [9.17, 15) is 24.3 Å². The number of aliphatic carboxylic acids is 1. The van der Waals surface area contributed by atoms with Crippen molar-refractivity contribution in [2.24, 2.45) is 10.9 Å². The molecule has 1 fully saturated rings. The molecule has 5 N–H and O–H groups in total. The molecule has 208 valence electrons. The van der Waals surface area contributed by atoms with E-state index in [0.717, 1.165) is 5.56 Å². The fourth-order valence-corrected chi connectivity index (χ4v) is 4.19. The average Bonchev–Trinajstić information content (AvgIpc) is 2.93. The molecular formula is C27H32N4O8. The third-order valence-electron chi connectivity index (χ3n) is 6.19. The molecule has 0 spiro atoms. The normalized spacial score (nSPS) is 14.9. The fraction of sp³-hybridized carbons (Fsp3) is 0.370. The second kappa shape index (κ2) is 13.9. The molecule has 1 saturated heterocycles. The Morgan fingerprint density at radius 3 is 2.23 bits per heavy atom. The molecule has 0 unspecified atom stereocenters. The first kappa shape index (κ1) is 29.1. The van der Waals surface area contributed by atoms with E-state index >= 15 is 0 Å². The summed E-state index contributed by atoms with van der Waals surface area (Å²) in [6, 6.07) is 11.4. The highest BCUT2D eigenvalue weighted by atomic mass is 16.5. The van der Waals surface area contributed by atoms with Gasteiger partial charge in [0.2, 0.25) is 5.91 Å². The highest BCUT2D eigenvalue weighted by molar-refractivity contribution is 6.43. The van der Waals surface area contributed by atoms with E-state index in [4.69, 9.17) is 20.4 Å². The van der Waals surface area contributed by atoms with Crippen LogP contribution in [-0.2, 0) is 30.3 Å². The van der Waals surface area contributed by atoms with Crippen LogP contribution in [0.4, 0.5) is 0 Å². The number of nitrogens with zero attached hydrogens (tertiary/aromatic N) is 2. The molecule has 12 heteroatoms. The Morgan fingerprint density at radius 2 is 1.67 bits per heavy atom. The van der Waals surface area contributed by atoms with Crippen LogP contribution in [0.2, 0.25) is 0 Å². The number of phenols is 1. The Bertz CT molecular complexity index is 1190. The van der Waals surface area contributed by atoms with Crippen LogP contribution in [-0.4, -0.2) is 83.0 Å². The van der Waals surface area contributed by atoms with E-state index in [-0.39, 0.29) is 42.1 Å². The van der Waals surface area contributed by atoms with Crippen LogP contribution in [0.15, 0.2) is 53.6 Å². The molecule has 2 aromatic rings. The third kappa shape index (κ3) is 8.27. The number of ether oxygens (including phenoxy) is 2. The number of amides is 2. The number of nitrogens with two attached hydrogens (primary N) is 1. The summed E-state index contributed by atoms with van der Waals surface area (Å²) in [5.74, 6) is 2.90. The summed E-state index contributed by atoms with van der Waals surface area (Å²) in [4.78, 5) is 51.0. The maximum atomic E-state index is 13.5. The van der Waals surface area contributed by atoms with Gasteiger partial charge in [0.1, 0.15) is 18.4 Å². The molecule has 0 aromatic heterocycles. The summed E-state index contributed by atoms with van der Waals surface area (Å²) in [7, 11) is 0. The molecule has 12 nitrogen and oxygen atoms in total. The molecule has 2 aromatic carbocycles. The van der Waals surface area contributed by atoms with E-state index in [1.807, 2.05) is 0 Å². The smallest absolute Gasteiger partial charge is 0.359 e. The number of carboxylic acid groups (broad SMARTS) is 1. The van der Waals surface area contributed by atoms with Crippen molar-refractivity contribution in [3.8, 4) is 5.75 Å². The zero-order valence-corrected chi connectivity index (χ0v) is 21.5. The number of nitrogens with one attached hydrogen (secondary N) is 1. The quantitative estimate of drug-likeness (QED) is 0.140. The summed E-state index contributed by atoms with van der Waals surface area (Å²) in [5, 5.41) is 24.7. The van der Waals surface area contributed by atoms with Gasteiger partial charge in [0.15, 0.2) is 5.71 Å². The van der Waals surface area contributed by atoms with Crippen molar-refractivity contribution < 1.29 is 38.9 Å². The van der Waals surface area contributed by atoms with Crippen molar-refractivity contribution in [1.29, 1.82) is 0 Å². The number of hydrogen-bond donors (Lipinski definition) is 4. The first-order chi connectivity index (χ1) is 18.7. The van der Waals surface area contributed by atoms with Gasteiger partial charge in [-0.3, -0.25) is 9.59 Å².